The van der Waals surface area contributed by atoms with Gasteiger partial charge in [0.25, 0.3) is 5.91 Å². The third kappa shape index (κ3) is 3.73. The van der Waals surface area contributed by atoms with E-state index in [9.17, 15) is 4.79 Å². The maximum absolute atomic E-state index is 12.9. The predicted molar refractivity (Wildman–Crippen MR) is 127 cm³/mol. The summed E-state index contributed by atoms with van der Waals surface area (Å²) >= 11 is 1.43. The van der Waals surface area contributed by atoms with Crippen molar-refractivity contribution >= 4 is 39.0 Å². The first-order valence-electron chi connectivity index (χ1n) is 11.1. The number of aromatic nitrogens is 3. The molecule has 1 fully saturated rings. The summed E-state index contributed by atoms with van der Waals surface area (Å²) in [6.45, 7) is 1.85. The summed E-state index contributed by atoms with van der Waals surface area (Å²) in [5.74, 6) is 1.28. The number of amides is 1. The maximum Gasteiger partial charge on any atom is 0.255 e. The second-order valence-corrected chi connectivity index (χ2v) is 9.01. The van der Waals surface area contributed by atoms with Gasteiger partial charge < -0.3 is 25.1 Å². The topological polar surface area (TPSA) is 101 Å². The van der Waals surface area contributed by atoms with Crippen LogP contribution < -0.4 is 15.4 Å². The Hall–Kier alpha value is -3.43. The summed E-state index contributed by atoms with van der Waals surface area (Å²) < 4.78 is 17.6. The van der Waals surface area contributed by atoms with E-state index in [1.165, 1.54) is 11.5 Å². The lowest BCUT2D eigenvalue weighted by atomic mass is 10.1. The summed E-state index contributed by atoms with van der Waals surface area (Å²) in [6.07, 6.45) is 6.32. The number of nitrogens with one attached hydrogen (secondary N) is 3. The van der Waals surface area contributed by atoms with Gasteiger partial charge in [-0.05, 0) is 42.6 Å². The highest BCUT2D eigenvalue weighted by molar-refractivity contribution is 7.13. The molecule has 0 radical (unpaired) electrons. The molecule has 0 aliphatic carbocycles. The van der Waals surface area contributed by atoms with Crippen LogP contribution in [0, 0.1) is 0 Å². The number of aromatic amines is 1. The van der Waals surface area contributed by atoms with E-state index in [0.29, 0.717) is 30.2 Å². The Bertz CT molecular complexity index is 1320. The second kappa shape index (κ2) is 8.49. The first kappa shape index (κ1) is 20.2. The van der Waals surface area contributed by atoms with Gasteiger partial charge in [0.05, 0.1) is 33.9 Å². The van der Waals surface area contributed by atoms with Crippen LogP contribution in [0.2, 0.25) is 0 Å². The van der Waals surface area contributed by atoms with Crippen molar-refractivity contribution in [2.75, 3.05) is 25.1 Å². The monoisotopic (exact) mass is 461 g/mol. The Labute approximate surface area is 194 Å². The van der Waals surface area contributed by atoms with E-state index in [1.54, 1.807) is 12.4 Å². The zero-order valence-corrected chi connectivity index (χ0v) is 18.7. The molecule has 168 valence electrons. The van der Waals surface area contributed by atoms with Crippen molar-refractivity contribution in [1.82, 2.24) is 19.7 Å². The lowest BCUT2D eigenvalue weighted by molar-refractivity contribution is 0.0680. The number of anilines is 2. The highest BCUT2D eigenvalue weighted by Gasteiger charge is 2.29. The number of pyridine rings is 1. The van der Waals surface area contributed by atoms with Crippen molar-refractivity contribution in [2.45, 2.75) is 25.4 Å². The van der Waals surface area contributed by atoms with E-state index < -0.39 is 0 Å². The van der Waals surface area contributed by atoms with Crippen molar-refractivity contribution in [3.05, 3.63) is 54.0 Å². The fourth-order valence-electron chi connectivity index (χ4n) is 4.46. The largest absolute Gasteiger partial charge is 0.489 e. The van der Waals surface area contributed by atoms with E-state index in [0.717, 1.165) is 58.7 Å². The number of rotatable bonds is 6. The zero-order chi connectivity index (χ0) is 22.2. The molecule has 1 aromatic carbocycles. The number of hydrogen-bond acceptors (Lipinski definition) is 7. The summed E-state index contributed by atoms with van der Waals surface area (Å²) in [5.41, 5.74) is 3.85. The van der Waals surface area contributed by atoms with Crippen LogP contribution in [0.5, 0.6) is 5.75 Å². The quantitative estimate of drug-likeness (QED) is 0.396. The first-order chi connectivity index (χ1) is 16.3. The molecule has 9 heteroatoms. The third-order valence-electron chi connectivity index (χ3n) is 6.09. The Balaban J connectivity index is 1.43. The van der Waals surface area contributed by atoms with E-state index in [1.807, 2.05) is 30.3 Å². The van der Waals surface area contributed by atoms with Gasteiger partial charge in [0.2, 0.25) is 0 Å². The average molecular weight is 462 g/mol. The number of ether oxygens (including phenoxy) is 2. The van der Waals surface area contributed by atoms with Gasteiger partial charge in [0.1, 0.15) is 12.4 Å². The van der Waals surface area contributed by atoms with Crippen molar-refractivity contribution < 1.29 is 14.3 Å². The van der Waals surface area contributed by atoms with Gasteiger partial charge in [-0.25, -0.2) is 0 Å². The van der Waals surface area contributed by atoms with Crippen LogP contribution in [0.25, 0.3) is 21.3 Å². The molecule has 0 saturated carbocycles. The molecule has 6 rings (SSSR count). The lowest BCUT2D eigenvalue weighted by Gasteiger charge is -2.16. The maximum atomic E-state index is 12.9. The van der Waals surface area contributed by atoms with Crippen molar-refractivity contribution in [1.29, 1.82) is 0 Å². The molecule has 1 saturated heterocycles. The first-order valence-corrected chi connectivity index (χ1v) is 11.9. The third-order valence-corrected chi connectivity index (χ3v) is 6.92. The van der Waals surface area contributed by atoms with Crippen molar-refractivity contribution in [2.24, 2.45) is 0 Å². The van der Waals surface area contributed by atoms with Crippen LogP contribution in [-0.2, 0) is 11.2 Å². The number of H-pyrrole nitrogens is 1. The van der Waals surface area contributed by atoms with Gasteiger partial charge in [-0.2, -0.15) is 4.37 Å². The molecular formula is C24H23N5O3S. The van der Waals surface area contributed by atoms with Crippen LogP contribution >= 0.6 is 11.5 Å². The number of hydrogen-bond donors (Lipinski definition) is 3. The van der Waals surface area contributed by atoms with Gasteiger partial charge >= 0.3 is 0 Å². The molecule has 5 heterocycles. The predicted octanol–water partition coefficient (Wildman–Crippen LogP) is 4.27. The molecule has 33 heavy (non-hydrogen) atoms. The second-order valence-electron chi connectivity index (χ2n) is 8.20. The average Bonchev–Trinajstić information content (AvgIpc) is 3.58. The molecule has 2 aliphatic heterocycles. The SMILES string of the molecule is O=C1NCCc2[nH]c(-c3ccncc3OC[C@H]3CCCO3)c(Nc3nsc4ccccc34)c21. The minimum atomic E-state index is -0.100. The summed E-state index contributed by atoms with van der Waals surface area (Å²) in [4.78, 5) is 20.6. The molecular weight excluding hydrogens is 438 g/mol. The van der Waals surface area contributed by atoms with E-state index in [2.05, 4.69) is 25.0 Å². The molecule has 1 atom stereocenters. The molecule has 8 nitrogen and oxygen atoms in total. The number of carbonyl (C=O) groups is 1. The normalized spacial score (nSPS) is 17.7. The highest BCUT2D eigenvalue weighted by atomic mass is 32.1. The van der Waals surface area contributed by atoms with E-state index >= 15 is 0 Å². The zero-order valence-electron chi connectivity index (χ0n) is 17.9. The van der Waals surface area contributed by atoms with Crippen LogP contribution in [0.3, 0.4) is 0 Å². The Morgan fingerprint density at radius 1 is 1.27 bits per heavy atom. The van der Waals surface area contributed by atoms with Gasteiger partial charge in [0.15, 0.2) is 5.82 Å². The summed E-state index contributed by atoms with van der Waals surface area (Å²) in [5, 5.41) is 7.44. The minimum absolute atomic E-state index is 0.0969. The van der Waals surface area contributed by atoms with Gasteiger partial charge in [0, 0.05) is 42.4 Å². The van der Waals surface area contributed by atoms with Gasteiger partial charge in [-0.3, -0.25) is 9.78 Å². The number of fused-ring (bicyclic) bond motifs is 2. The Morgan fingerprint density at radius 3 is 3.12 bits per heavy atom. The number of benzene rings is 1. The molecule has 0 unspecified atom stereocenters. The van der Waals surface area contributed by atoms with Crippen LogP contribution in [-0.4, -0.2) is 46.1 Å². The Morgan fingerprint density at radius 2 is 2.21 bits per heavy atom. The number of carbonyl (C=O) groups excluding carboxylic acids is 1. The molecule has 3 N–H and O–H groups in total. The minimum Gasteiger partial charge on any atom is -0.489 e. The summed E-state index contributed by atoms with van der Waals surface area (Å²) in [7, 11) is 0. The van der Waals surface area contributed by atoms with Crippen LogP contribution in [0.1, 0.15) is 28.9 Å². The summed E-state index contributed by atoms with van der Waals surface area (Å²) in [6, 6.07) is 9.96. The van der Waals surface area contributed by atoms with E-state index in [-0.39, 0.29) is 12.0 Å². The van der Waals surface area contributed by atoms with Crippen molar-refractivity contribution in [3.8, 4) is 17.0 Å². The molecule has 4 aromatic rings. The molecule has 0 bridgehead atoms. The lowest BCUT2D eigenvalue weighted by Crippen LogP contribution is -2.31. The molecule has 0 spiro atoms. The molecule has 2 aliphatic rings. The van der Waals surface area contributed by atoms with Gasteiger partial charge in [-0.15, -0.1) is 0 Å². The molecule has 3 aromatic heterocycles. The smallest absolute Gasteiger partial charge is 0.255 e. The van der Waals surface area contributed by atoms with E-state index in [4.69, 9.17) is 9.47 Å². The van der Waals surface area contributed by atoms with Crippen molar-refractivity contribution in [3.63, 3.8) is 0 Å². The van der Waals surface area contributed by atoms with Crippen LogP contribution in [0.4, 0.5) is 11.5 Å². The highest BCUT2D eigenvalue weighted by Crippen LogP contribution is 2.41. The molecule has 1 amide bonds. The van der Waals surface area contributed by atoms with Gasteiger partial charge in [-0.1, -0.05) is 12.1 Å². The van der Waals surface area contributed by atoms with Crippen LogP contribution in [0.15, 0.2) is 42.7 Å². The number of nitrogens with zero attached hydrogens (tertiary/aromatic N) is 2. The Kier molecular flexibility index (Phi) is 5.20. The standard InChI is InChI=1S/C24H23N5O3S/c30-24-20-17(8-10-26-24)27-21(22(20)28-23-16-5-1-2-6-19(16)33-29-23)15-7-9-25-12-18(15)32-13-14-4-3-11-31-14/h1-2,5-7,9,12,14,27H,3-4,8,10-11,13H2,(H,26,30)(H,28,29)/t14-/m1/s1. The fraction of sp³-hybridized carbons (Fsp3) is 0.292. The fourth-order valence-corrected chi connectivity index (χ4v) is 5.20.